The second-order valence-electron chi connectivity index (χ2n) is 3.33. The summed E-state index contributed by atoms with van der Waals surface area (Å²) >= 11 is 0. The number of nitrogens with zero attached hydrogens (tertiary/aromatic N) is 2. The number of hydrogen-bond donors (Lipinski definition) is 0. The third kappa shape index (κ3) is 5.82. The molecule has 0 fully saturated rings. The molecule has 1 heterocycles. The molecule has 0 aromatic carbocycles. The van der Waals surface area contributed by atoms with E-state index in [1.807, 2.05) is 24.5 Å². The molecule has 0 bridgehead atoms. The van der Waals surface area contributed by atoms with Crippen molar-refractivity contribution in [3.8, 4) is 6.07 Å². The number of ether oxygens (including phenoxy) is 1. The van der Waals surface area contributed by atoms with Gasteiger partial charge in [-0.25, -0.2) is 0 Å². The third-order valence-electron chi connectivity index (χ3n) is 2.08. The molecule has 1 aromatic rings. The zero-order valence-electron chi connectivity index (χ0n) is 8.85. The predicted molar refractivity (Wildman–Crippen MR) is 58.2 cm³/mol. The minimum absolute atomic E-state index is 0.588. The molecule has 0 radical (unpaired) electrons. The molecule has 1 rings (SSSR count). The summed E-state index contributed by atoms with van der Waals surface area (Å²) in [6.07, 6.45) is 7.10. The molecule has 0 amide bonds. The number of unbranched alkanes of at least 4 members (excludes halogenated alkanes) is 1. The average Bonchev–Trinajstić information content (AvgIpc) is 2.29. The number of hydrogen-bond acceptors (Lipinski definition) is 3. The Morgan fingerprint density at radius 1 is 1.20 bits per heavy atom. The van der Waals surface area contributed by atoms with Crippen LogP contribution in [-0.2, 0) is 11.2 Å². The molecule has 1 aromatic heterocycles. The smallest absolute Gasteiger partial charge is 0.0622 e. The van der Waals surface area contributed by atoms with Gasteiger partial charge in [-0.1, -0.05) is 0 Å². The highest BCUT2D eigenvalue weighted by atomic mass is 16.5. The lowest BCUT2D eigenvalue weighted by Crippen LogP contribution is -1.98. The predicted octanol–water partition coefficient (Wildman–Crippen LogP) is 2.33. The van der Waals surface area contributed by atoms with Gasteiger partial charge in [-0.3, -0.25) is 4.98 Å². The van der Waals surface area contributed by atoms with Gasteiger partial charge in [0.05, 0.1) is 6.07 Å². The maximum absolute atomic E-state index is 8.31. The molecule has 0 spiro atoms. The number of rotatable bonds is 7. The molecule has 0 unspecified atom stereocenters. The van der Waals surface area contributed by atoms with Gasteiger partial charge in [0, 0.05) is 32.0 Å². The van der Waals surface area contributed by atoms with E-state index in [-0.39, 0.29) is 0 Å². The SMILES string of the molecule is N#CCCCOCCCc1ccncc1. The zero-order valence-corrected chi connectivity index (χ0v) is 8.85. The van der Waals surface area contributed by atoms with Crippen molar-refractivity contribution >= 4 is 0 Å². The zero-order chi connectivity index (χ0) is 10.8. The minimum Gasteiger partial charge on any atom is -0.381 e. The number of pyridine rings is 1. The van der Waals surface area contributed by atoms with Crippen molar-refractivity contribution < 1.29 is 4.74 Å². The van der Waals surface area contributed by atoms with E-state index in [1.54, 1.807) is 0 Å². The van der Waals surface area contributed by atoms with E-state index in [4.69, 9.17) is 10.00 Å². The highest BCUT2D eigenvalue weighted by Crippen LogP contribution is 2.01. The molecule has 0 saturated carbocycles. The van der Waals surface area contributed by atoms with Gasteiger partial charge in [0.15, 0.2) is 0 Å². The van der Waals surface area contributed by atoms with E-state index in [0.29, 0.717) is 13.0 Å². The first kappa shape index (κ1) is 11.7. The maximum atomic E-state index is 8.31. The molecule has 0 atom stereocenters. The van der Waals surface area contributed by atoms with Crippen LogP contribution in [-0.4, -0.2) is 18.2 Å². The fourth-order valence-corrected chi connectivity index (χ4v) is 1.28. The molecule has 0 aliphatic rings. The quantitative estimate of drug-likeness (QED) is 0.640. The van der Waals surface area contributed by atoms with Crippen LogP contribution in [0.4, 0.5) is 0 Å². The molecule has 0 N–H and O–H groups in total. The van der Waals surface area contributed by atoms with Crippen molar-refractivity contribution in [2.45, 2.75) is 25.7 Å². The van der Waals surface area contributed by atoms with E-state index in [9.17, 15) is 0 Å². The molecule has 15 heavy (non-hydrogen) atoms. The fourth-order valence-electron chi connectivity index (χ4n) is 1.28. The summed E-state index contributed by atoms with van der Waals surface area (Å²) < 4.78 is 5.39. The Morgan fingerprint density at radius 3 is 2.67 bits per heavy atom. The fraction of sp³-hybridized carbons (Fsp3) is 0.500. The number of aromatic nitrogens is 1. The molecular weight excluding hydrogens is 188 g/mol. The Kier molecular flexibility index (Phi) is 6.19. The summed E-state index contributed by atoms with van der Waals surface area (Å²) in [7, 11) is 0. The lowest BCUT2D eigenvalue weighted by molar-refractivity contribution is 0.130. The van der Waals surface area contributed by atoms with Crippen LogP contribution in [0.25, 0.3) is 0 Å². The summed E-state index contributed by atoms with van der Waals surface area (Å²) in [5, 5.41) is 8.31. The maximum Gasteiger partial charge on any atom is 0.0622 e. The van der Waals surface area contributed by atoms with E-state index < -0.39 is 0 Å². The van der Waals surface area contributed by atoms with Crippen molar-refractivity contribution in [2.75, 3.05) is 13.2 Å². The van der Waals surface area contributed by atoms with Gasteiger partial charge in [-0.15, -0.1) is 0 Å². The van der Waals surface area contributed by atoms with E-state index in [1.165, 1.54) is 5.56 Å². The second kappa shape index (κ2) is 7.95. The van der Waals surface area contributed by atoms with Crippen molar-refractivity contribution in [1.82, 2.24) is 4.98 Å². The highest BCUT2D eigenvalue weighted by molar-refractivity contribution is 5.09. The van der Waals surface area contributed by atoms with Crippen LogP contribution < -0.4 is 0 Å². The van der Waals surface area contributed by atoms with Crippen LogP contribution in [0.15, 0.2) is 24.5 Å². The van der Waals surface area contributed by atoms with Crippen LogP contribution in [0.3, 0.4) is 0 Å². The lowest BCUT2D eigenvalue weighted by Gasteiger charge is -2.02. The van der Waals surface area contributed by atoms with Gasteiger partial charge in [0.25, 0.3) is 0 Å². The van der Waals surface area contributed by atoms with Crippen LogP contribution >= 0.6 is 0 Å². The van der Waals surface area contributed by atoms with Gasteiger partial charge in [0.1, 0.15) is 0 Å². The molecule has 3 heteroatoms. The summed E-state index contributed by atoms with van der Waals surface area (Å²) in [6.45, 7) is 1.47. The van der Waals surface area contributed by atoms with Crippen LogP contribution in [0, 0.1) is 11.3 Å². The summed E-state index contributed by atoms with van der Waals surface area (Å²) in [4.78, 5) is 3.96. The van der Waals surface area contributed by atoms with E-state index >= 15 is 0 Å². The summed E-state index contributed by atoms with van der Waals surface area (Å²) in [6, 6.07) is 6.14. The second-order valence-corrected chi connectivity index (χ2v) is 3.33. The van der Waals surface area contributed by atoms with E-state index in [2.05, 4.69) is 11.1 Å². The Balaban J connectivity index is 1.96. The average molecular weight is 204 g/mol. The largest absolute Gasteiger partial charge is 0.381 e. The standard InChI is InChI=1S/C12H16N2O/c13-7-1-2-10-15-11-3-4-12-5-8-14-9-6-12/h5-6,8-9H,1-4,10-11H2. The monoisotopic (exact) mass is 204 g/mol. The number of aryl methyl sites for hydroxylation is 1. The normalized spacial score (nSPS) is 9.80. The topological polar surface area (TPSA) is 45.9 Å². The summed E-state index contributed by atoms with van der Waals surface area (Å²) in [5.74, 6) is 0. The molecule has 0 saturated heterocycles. The van der Waals surface area contributed by atoms with Crippen LogP contribution in [0.2, 0.25) is 0 Å². The first-order chi connectivity index (χ1) is 7.43. The first-order valence-electron chi connectivity index (χ1n) is 5.27. The lowest BCUT2D eigenvalue weighted by atomic mass is 10.1. The van der Waals surface area contributed by atoms with Gasteiger partial charge in [-0.05, 0) is 37.0 Å². The van der Waals surface area contributed by atoms with E-state index in [0.717, 1.165) is 25.9 Å². The third-order valence-corrected chi connectivity index (χ3v) is 2.08. The molecular formula is C12H16N2O. The molecule has 0 aliphatic carbocycles. The van der Waals surface area contributed by atoms with Crippen LogP contribution in [0.5, 0.6) is 0 Å². The first-order valence-corrected chi connectivity index (χ1v) is 5.27. The highest BCUT2D eigenvalue weighted by Gasteiger charge is 1.92. The van der Waals surface area contributed by atoms with Crippen molar-refractivity contribution in [3.63, 3.8) is 0 Å². The minimum atomic E-state index is 0.588. The van der Waals surface area contributed by atoms with Gasteiger partial charge in [0.2, 0.25) is 0 Å². The van der Waals surface area contributed by atoms with Gasteiger partial charge < -0.3 is 4.74 Å². The molecule has 0 aliphatic heterocycles. The Hall–Kier alpha value is -1.40. The molecule has 3 nitrogen and oxygen atoms in total. The number of nitriles is 1. The Labute approximate surface area is 90.7 Å². The Morgan fingerprint density at radius 2 is 1.93 bits per heavy atom. The summed E-state index contributed by atoms with van der Waals surface area (Å²) in [5.41, 5.74) is 1.30. The molecule has 80 valence electrons. The van der Waals surface area contributed by atoms with Crippen molar-refractivity contribution in [3.05, 3.63) is 30.1 Å². The van der Waals surface area contributed by atoms with Crippen molar-refractivity contribution in [2.24, 2.45) is 0 Å². The van der Waals surface area contributed by atoms with Gasteiger partial charge >= 0.3 is 0 Å². The Bertz CT molecular complexity index is 292. The van der Waals surface area contributed by atoms with Gasteiger partial charge in [-0.2, -0.15) is 5.26 Å². The van der Waals surface area contributed by atoms with Crippen LogP contribution in [0.1, 0.15) is 24.8 Å². The van der Waals surface area contributed by atoms with Crippen molar-refractivity contribution in [1.29, 1.82) is 5.26 Å².